The number of likely N-dealkylation sites (N-methyl/N-ethyl adjacent to an activating group) is 1. The molecule has 0 aromatic heterocycles. The van der Waals surface area contributed by atoms with E-state index in [4.69, 9.17) is 21.1 Å². The summed E-state index contributed by atoms with van der Waals surface area (Å²) in [4.78, 5) is 27.0. The van der Waals surface area contributed by atoms with Crippen LogP contribution in [0, 0.1) is 0 Å². The summed E-state index contributed by atoms with van der Waals surface area (Å²) in [7, 11) is 0.486. The quantitative estimate of drug-likeness (QED) is 0.540. The van der Waals surface area contributed by atoms with Crippen molar-refractivity contribution in [1.29, 1.82) is 0 Å². The lowest BCUT2D eigenvalue weighted by atomic mass is 10.1. The zero-order valence-corrected chi connectivity index (χ0v) is 20.7. The summed E-state index contributed by atoms with van der Waals surface area (Å²) < 4.78 is 36.6. The number of amides is 2. The standard InChI is InChI=1S/C22H28ClN3O6S/c1-15(22(28)24-2)25(13-16-8-6-7-9-18(16)23)21(27)14-26(33(5,29)30)17-10-11-19(31-3)20(12-17)32-4/h6-12,15H,13-14H2,1-5H3,(H,24,28)/t15-/m1/s1. The zero-order chi connectivity index (χ0) is 24.8. The number of carbonyl (C=O) groups is 2. The smallest absolute Gasteiger partial charge is 0.244 e. The molecule has 0 aliphatic rings. The summed E-state index contributed by atoms with van der Waals surface area (Å²) in [5.41, 5.74) is 0.842. The highest BCUT2D eigenvalue weighted by atomic mass is 35.5. The molecule has 0 unspecified atom stereocenters. The fourth-order valence-electron chi connectivity index (χ4n) is 3.20. The highest BCUT2D eigenvalue weighted by Crippen LogP contribution is 2.32. The van der Waals surface area contributed by atoms with Crippen LogP contribution in [0.5, 0.6) is 11.5 Å². The van der Waals surface area contributed by atoms with Gasteiger partial charge in [-0.25, -0.2) is 8.42 Å². The van der Waals surface area contributed by atoms with Crippen LogP contribution in [-0.4, -0.2) is 65.2 Å². The Hall–Kier alpha value is -2.98. The Morgan fingerprint density at radius 2 is 1.73 bits per heavy atom. The number of hydrogen-bond donors (Lipinski definition) is 1. The van der Waals surface area contributed by atoms with E-state index in [-0.39, 0.29) is 12.2 Å². The van der Waals surface area contributed by atoms with Crippen LogP contribution in [0.15, 0.2) is 42.5 Å². The van der Waals surface area contributed by atoms with E-state index in [1.54, 1.807) is 37.3 Å². The van der Waals surface area contributed by atoms with Gasteiger partial charge in [-0.2, -0.15) is 0 Å². The van der Waals surface area contributed by atoms with E-state index >= 15 is 0 Å². The van der Waals surface area contributed by atoms with E-state index in [1.807, 2.05) is 0 Å². The van der Waals surface area contributed by atoms with Crippen LogP contribution >= 0.6 is 11.6 Å². The van der Waals surface area contributed by atoms with Crippen LogP contribution in [0.1, 0.15) is 12.5 Å². The van der Waals surface area contributed by atoms with Crippen molar-refractivity contribution in [2.45, 2.75) is 19.5 Å². The number of ether oxygens (including phenoxy) is 2. The number of nitrogens with zero attached hydrogens (tertiary/aromatic N) is 2. The number of nitrogens with one attached hydrogen (secondary N) is 1. The number of hydrogen-bond acceptors (Lipinski definition) is 6. The second kappa shape index (κ2) is 11.2. The Bertz CT molecular complexity index is 1110. The van der Waals surface area contributed by atoms with E-state index < -0.39 is 34.4 Å². The van der Waals surface area contributed by atoms with Gasteiger partial charge in [0.05, 0.1) is 26.2 Å². The average Bonchev–Trinajstić information content (AvgIpc) is 2.79. The largest absolute Gasteiger partial charge is 0.493 e. The predicted octanol–water partition coefficient (Wildman–Crippen LogP) is 2.29. The number of halogens is 1. The molecule has 0 aliphatic heterocycles. The van der Waals surface area contributed by atoms with Crippen molar-refractivity contribution < 1.29 is 27.5 Å². The average molecular weight is 498 g/mol. The van der Waals surface area contributed by atoms with Crippen LogP contribution in [0.25, 0.3) is 0 Å². The first-order valence-electron chi connectivity index (χ1n) is 9.97. The van der Waals surface area contributed by atoms with Gasteiger partial charge in [0.25, 0.3) is 0 Å². The molecule has 0 fully saturated rings. The van der Waals surface area contributed by atoms with Gasteiger partial charge >= 0.3 is 0 Å². The Kier molecular flexibility index (Phi) is 8.95. The van der Waals surface area contributed by atoms with Gasteiger partial charge in [-0.3, -0.25) is 13.9 Å². The molecule has 0 saturated heterocycles. The third-order valence-corrected chi connectivity index (χ3v) is 6.56. The number of anilines is 1. The highest BCUT2D eigenvalue weighted by Gasteiger charge is 2.30. The molecule has 33 heavy (non-hydrogen) atoms. The summed E-state index contributed by atoms with van der Waals surface area (Å²) in [5.74, 6) is -0.254. The van der Waals surface area contributed by atoms with Crippen LogP contribution in [0.3, 0.4) is 0 Å². The van der Waals surface area contributed by atoms with Gasteiger partial charge in [-0.15, -0.1) is 0 Å². The van der Waals surface area contributed by atoms with Gasteiger partial charge in [-0.1, -0.05) is 29.8 Å². The number of benzene rings is 2. The lowest BCUT2D eigenvalue weighted by molar-refractivity contribution is -0.139. The van der Waals surface area contributed by atoms with Crippen LogP contribution in [-0.2, 0) is 26.2 Å². The van der Waals surface area contributed by atoms with Crippen molar-refractivity contribution in [1.82, 2.24) is 10.2 Å². The Balaban J connectivity index is 2.44. The second-order valence-corrected chi connectivity index (χ2v) is 9.53. The molecule has 11 heteroatoms. The Morgan fingerprint density at radius 1 is 1.09 bits per heavy atom. The van der Waals surface area contributed by atoms with Crippen LogP contribution in [0.2, 0.25) is 5.02 Å². The maximum Gasteiger partial charge on any atom is 0.244 e. The molecule has 0 heterocycles. The van der Waals surface area contributed by atoms with Crippen LogP contribution < -0.4 is 19.1 Å². The zero-order valence-electron chi connectivity index (χ0n) is 19.2. The normalized spacial score (nSPS) is 11.9. The third kappa shape index (κ3) is 6.52. The van der Waals surface area contributed by atoms with Crippen molar-refractivity contribution in [2.24, 2.45) is 0 Å². The SMILES string of the molecule is CNC(=O)[C@@H](C)N(Cc1ccccc1Cl)C(=O)CN(c1ccc(OC)c(OC)c1)S(C)(=O)=O. The molecule has 1 N–H and O–H groups in total. The molecular weight excluding hydrogens is 470 g/mol. The minimum Gasteiger partial charge on any atom is -0.493 e. The van der Waals surface area contributed by atoms with Crippen molar-refractivity contribution in [3.05, 3.63) is 53.1 Å². The maximum absolute atomic E-state index is 13.4. The van der Waals surface area contributed by atoms with E-state index in [0.717, 1.165) is 10.6 Å². The van der Waals surface area contributed by atoms with Gasteiger partial charge in [0.2, 0.25) is 21.8 Å². The minimum atomic E-state index is -3.86. The van der Waals surface area contributed by atoms with Crippen molar-refractivity contribution in [2.75, 3.05) is 38.4 Å². The summed E-state index contributed by atoms with van der Waals surface area (Å²) >= 11 is 6.26. The fourth-order valence-corrected chi connectivity index (χ4v) is 4.23. The molecule has 1 atom stereocenters. The number of rotatable bonds is 10. The molecular formula is C22H28ClN3O6S. The molecule has 180 valence electrons. The van der Waals surface area contributed by atoms with Gasteiger partial charge in [0.1, 0.15) is 12.6 Å². The first-order chi connectivity index (χ1) is 15.5. The summed E-state index contributed by atoms with van der Waals surface area (Å²) in [6, 6.07) is 10.6. The van der Waals surface area contributed by atoms with E-state index in [9.17, 15) is 18.0 Å². The van der Waals surface area contributed by atoms with Crippen molar-refractivity contribution in [3.63, 3.8) is 0 Å². The van der Waals surface area contributed by atoms with E-state index in [1.165, 1.54) is 38.3 Å². The molecule has 9 nitrogen and oxygen atoms in total. The first kappa shape index (κ1) is 26.3. The maximum atomic E-state index is 13.4. The molecule has 2 rings (SSSR count). The minimum absolute atomic E-state index is 0.0244. The summed E-state index contributed by atoms with van der Waals surface area (Å²) in [6.07, 6.45) is 0.998. The summed E-state index contributed by atoms with van der Waals surface area (Å²) in [5, 5.41) is 2.95. The molecule has 2 amide bonds. The second-order valence-electron chi connectivity index (χ2n) is 7.21. The Morgan fingerprint density at radius 3 is 2.27 bits per heavy atom. The van der Waals surface area contributed by atoms with Gasteiger partial charge in [0, 0.05) is 24.7 Å². The highest BCUT2D eigenvalue weighted by molar-refractivity contribution is 7.92. The topological polar surface area (TPSA) is 105 Å². The first-order valence-corrected chi connectivity index (χ1v) is 12.2. The van der Waals surface area contributed by atoms with Gasteiger partial charge < -0.3 is 19.7 Å². The monoisotopic (exact) mass is 497 g/mol. The molecule has 2 aromatic rings. The van der Waals surface area contributed by atoms with Gasteiger partial charge in [-0.05, 0) is 30.7 Å². The van der Waals surface area contributed by atoms with Crippen molar-refractivity contribution >= 4 is 39.1 Å². The number of carbonyl (C=O) groups excluding carboxylic acids is 2. The number of methoxy groups -OCH3 is 2. The van der Waals surface area contributed by atoms with E-state index in [0.29, 0.717) is 22.1 Å². The molecule has 2 aromatic carbocycles. The lowest BCUT2D eigenvalue weighted by Crippen LogP contribution is -2.50. The Labute approximate surface area is 199 Å². The lowest BCUT2D eigenvalue weighted by Gasteiger charge is -2.31. The predicted molar refractivity (Wildman–Crippen MR) is 127 cm³/mol. The van der Waals surface area contributed by atoms with Crippen LogP contribution in [0.4, 0.5) is 5.69 Å². The third-order valence-electron chi connectivity index (χ3n) is 5.05. The van der Waals surface area contributed by atoms with E-state index in [2.05, 4.69) is 5.32 Å². The van der Waals surface area contributed by atoms with Crippen molar-refractivity contribution in [3.8, 4) is 11.5 Å². The molecule has 0 aliphatic carbocycles. The summed E-state index contributed by atoms with van der Waals surface area (Å²) in [6.45, 7) is 1.06. The fraction of sp³-hybridized carbons (Fsp3) is 0.364. The molecule has 0 saturated carbocycles. The molecule has 0 radical (unpaired) electrons. The molecule has 0 bridgehead atoms. The number of sulfonamides is 1. The molecule has 0 spiro atoms. The van der Waals surface area contributed by atoms with Gasteiger partial charge in [0.15, 0.2) is 11.5 Å².